The molecule has 0 bridgehead atoms. The maximum atomic E-state index is 13.4. The molecule has 3 aliphatic rings. The van der Waals surface area contributed by atoms with Crippen LogP contribution in [0.2, 0.25) is 0 Å². The van der Waals surface area contributed by atoms with Crippen LogP contribution in [0.5, 0.6) is 0 Å². The van der Waals surface area contributed by atoms with E-state index in [1.165, 1.54) is 10.5 Å². The van der Waals surface area contributed by atoms with Gasteiger partial charge in [-0.05, 0) is 43.2 Å². The highest BCUT2D eigenvalue weighted by atomic mass is 79.9. The highest BCUT2D eigenvalue weighted by Crippen LogP contribution is 2.48. The van der Waals surface area contributed by atoms with Crippen molar-refractivity contribution in [2.45, 2.75) is 25.4 Å². The summed E-state index contributed by atoms with van der Waals surface area (Å²) in [7, 11) is 0. The fourth-order valence-corrected chi connectivity index (χ4v) is 4.99. The topological polar surface area (TPSA) is 43.9 Å². The van der Waals surface area contributed by atoms with Crippen LogP contribution < -0.4 is 4.90 Å². The lowest BCUT2D eigenvalue weighted by Crippen LogP contribution is -2.44. The number of carbonyl (C=O) groups excluding carboxylic acids is 2. The standard InChI is InChI=1S/C21H20BrN3O2/c1-13-3-5-14(6-4-13)18-17-19(24-12-2-11-23(18)24)21(27)25(20(17)26)16-9-7-15(22)8-10-16/h3-10,17-19H,2,11-12H2,1H3/t17-,18-,19+/m1/s1. The molecule has 0 saturated carbocycles. The number of aryl methyl sites for hydroxylation is 1. The number of carbonyl (C=O) groups is 2. The number of hydrazine groups is 1. The second-order valence-electron chi connectivity index (χ2n) is 7.49. The normalized spacial score (nSPS) is 28.1. The van der Waals surface area contributed by atoms with E-state index in [1.54, 1.807) is 0 Å². The average molecular weight is 426 g/mol. The molecule has 2 aromatic rings. The molecule has 0 N–H and O–H groups in total. The molecule has 2 amide bonds. The Hall–Kier alpha value is -2.02. The zero-order chi connectivity index (χ0) is 18.7. The van der Waals surface area contributed by atoms with Gasteiger partial charge in [0.2, 0.25) is 5.91 Å². The van der Waals surface area contributed by atoms with E-state index in [4.69, 9.17) is 0 Å². The molecule has 27 heavy (non-hydrogen) atoms. The number of hydrogen-bond donors (Lipinski definition) is 0. The van der Waals surface area contributed by atoms with Crippen LogP contribution in [-0.4, -0.2) is 41.0 Å². The molecule has 2 aromatic carbocycles. The van der Waals surface area contributed by atoms with Crippen LogP contribution in [0.1, 0.15) is 23.6 Å². The number of rotatable bonds is 2. The predicted molar refractivity (Wildman–Crippen MR) is 106 cm³/mol. The molecule has 0 radical (unpaired) electrons. The van der Waals surface area contributed by atoms with E-state index >= 15 is 0 Å². The van der Waals surface area contributed by atoms with Crippen LogP contribution in [0.15, 0.2) is 53.0 Å². The van der Waals surface area contributed by atoms with E-state index in [2.05, 4.69) is 57.1 Å². The predicted octanol–water partition coefficient (Wildman–Crippen LogP) is 3.29. The number of amides is 2. The van der Waals surface area contributed by atoms with E-state index in [1.807, 2.05) is 24.3 Å². The molecule has 5 nitrogen and oxygen atoms in total. The lowest BCUT2D eigenvalue weighted by Gasteiger charge is -2.29. The average Bonchev–Trinajstić information content (AvgIpc) is 3.30. The van der Waals surface area contributed by atoms with E-state index in [0.29, 0.717) is 5.69 Å². The van der Waals surface area contributed by atoms with Crippen molar-refractivity contribution in [2.75, 3.05) is 18.0 Å². The van der Waals surface area contributed by atoms with Crippen molar-refractivity contribution < 1.29 is 9.59 Å². The van der Waals surface area contributed by atoms with Gasteiger partial charge in [-0.1, -0.05) is 45.8 Å². The third-order valence-electron chi connectivity index (χ3n) is 5.91. The second-order valence-corrected chi connectivity index (χ2v) is 8.41. The van der Waals surface area contributed by atoms with Gasteiger partial charge in [-0.2, -0.15) is 0 Å². The summed E-state index contributed by atoms with van der Waals surface area (Å²) in [6.45, 7) is 3.78. The first-order valence-corrected chi connectivity index (χ1v) is 10.1. The molecule has 3 saturated heterocycles. The van der Waals surface area contributed by atoms with Crippen LogP contribution in [0.25, 0.3) is 0 Å². The van der Waals surface area contributed by atoms with Gasteiger partial charge >= 0.3 is 0 Å². The zero-order valence-electron chi connectivity index (χ0n) is 15.0. The fourth-order valence-electron chi connectivity index (χ4n) is 4.72. The Morgan fingerprint density at radius 1 is 0.852 bits per heavy atom. The highest BCUT2D eigenvalue weighted by molar-refractivity contribution is 9.10. The molecule has 0 spiro atoms. The molecule has 0 unspecified atom stereocenters. The van der Waals surface area contributed by atoms with E-state index in [-0.39, 0.29) is 23.8 Å². The first-order valence-electron chi connectivity index (χ1n) is 9.29. The first kappa shape index (κ1) is 17.1. The summed E-state index contributed by atoms with van der Waals surface area (Å²) in [5.74, 6) is -0.551. The van der Waals surface area contributed by atoms with E-state index < -0.39 is 6.04 Å². The highest BCUT2D eigenvalue weighted by Gasteiger charge is 2.62. The Kier molecular flexibility index (Phi) is 3.96. The molecule has 0 aromatic heterocycles. The van der Waals surface area contributed by atoms with Crippen LogP contribution >= 0.6 is 15.9 Å². The lowest BCUT2D eigenvalue weighted by molar-refractivity contribution is -0.126. The van der Waals surface area contributed by atoms with Gasteiger partial charge in [-0.15, -0.1) is 0 Å². The number of fused-ring (bicyclic) bond motifs is 3. The minimum atomic E-state index is -0.394. The summed E-state index contributed by atoms with van der Waals surface area (Å²) in [4.78, 5) is 28.1. The van der Waals surface area contributed by atoms with Gasteiger partial charge in [0, 0.05) is 17.6 Å². The maximum absolute atomic E-state index is 13.4. The Morgan fingerprint density at radius 3 is 2.15 bits per heavy atom. The summed E-state index contributed by atoms with van der Waals surface area (Å²) in [5.41, 5.74) is 2.95. The van der Waals surface area contributed by atoms with Crippen LogP contribution in [0.4, 0.5) is 5.69 Å². The largest absolute Gasteiger partial charge is 0.274 e. The monoisotopic (exact) mass is 425 g/mol. The molecule has 3 fully saturated rings. The van der Waals surface area contributed by atoms with Crippen molar-refractivity contribution in [3.8, 4) is 0 Å². The van der Waals surface area contributed by atoms with Crippen molar-refractivity contribution in [1.29, 1.82) is 0 Å². The molecule has 3 aliphatic heterocycles. The Bertz CT molecular complexity index is 912. The van der Waals surface area contributed by atoms with Crippen LogP contribution in [-0.2, 0) is 9.59 Å². The van der Waals surface area contributed by atoms with Gasteiger partial charge in [0.15, 0.2) is 0 Å². The Labute approximate surface area is 166 Å². The third kappa shape index (κ3) is 2.51. The molecule has 3 heterocycles. The Balaban J connectivity index is 1.57. The van der Waals surface area contributed by atoms with Crippen molar-refractivity contribution in [2.24, 2.45) is 5.92 Å². The van der Waals surface area contributed by atoms with Gasteiger partial charge in [0.25, 0.3) is 5.91 Å². The molecule has 0 aliphatic carbocycles. The summed E-state index contributed by atoms with van der Waals surface area (Å²) < 4.78 is 0.925. The van der Waals surface area contributed by atoms with Gasteiger partial charge in [0.05, 0.1) is 17.6 Å². The number of halogens is 1. The number of imide groups is 1. The minimum Gasteiger partial charge on any atom is -0.274 e. The quantitative estimate of drug-likeness (QED) is 0.692. The second kappa shape index (κ2) is 6.26. The SMILES string of the molecule is Cc1ccc([C@@H]2[C@H]3C(=O)N(c4ccc(Br)cc4)C(=O)[C@H]3N3CCCN23)cc1. The van der Waals surface area contributed by atoms with Crippen LogP contribution in [0, 0.1) is 12.8 Å². The summed E-state index contributed by atoms with van der Waals surface area (Å²) in [6, 6.07) is 15.3. The van der Waals surface area contributed by atoms with Crippen molar-refractivity contribution >= 4 is 33.4 Å². The van der Waals surface area contributed by atoms with Gasteiger partial charge < -0.3 is 0 Å². The fraction of sp³-hybridized carbons (Fsp3) is 0.333. The molecule has 3 atom stereocenters. The van der Waals surface area contributed by atoms with Gasteiger partial charge in [0.1, 0.15) is 6.04 Å². The molecule has 5 rings (SSSR count). The van der Waals surface area contributed by atoms with Crippen molar-refractivity contribution in [1.82, 2.24) is 10.0 Å². The number of anilines is 1. The first-order chi connectivity index (χ1) is 13.1. The molecule has 138 valence electrons. The van der Waals surface area contributed by atoms with Crippen LogP contribution in [0.3, 0.4) is 0 Å². The Morgan fingerprint density at radius 2 is 1.48 bits per heavy atom. The lowest BCUT2D eigenvalue weighted by atomic mass is 9.89. The summed E-state index contributed by atoms with van der Waals surface area (Å²) in [6.07, 6.45) is 1.02. The number of hydrogen-bond acceptors (Lipinski definition) is 4. The van der Waals surface area contributed by atoms with Crippen molar-refractivity contribution in [3.63, 3.8) is 0 Å². The van der Waals surface area contributed by atoms with Gasteiger partial charge in [-0.3, -0.25) is 9.59 Å². The number of benzene rings is 2. The van der Waals surface area contributed by atoms with Gasteiger partial charge in [-0.25, -0.2) is 14.9 Å². The minimum absolute atomic E-state index is 0.0741. The van der Waals surface area contributed by atoms with E-state index in [9.17, 15) is 9.59 Å². The third-order valence-corrected chi connectivity index (χ3v) is 6.44. The molecular formula is C21H20BrN3O2. The van der Waals surface area contributed by atoms with E-state index in [0.717, 1.165) is 29.5 Å². The smallest absolute Gasteiger partial charge is 0.253 e. The molecular weight excluding hydrogens is 406 g/mol. The maximum Gasteiger partial charge on any atom is 0.253 e. The zero-order valence-corrected chi connectivity index (χ0v) is 16.6. The summed E-state index contributed by atoms with van der Waals surface area (Å²) in [5, 5.41) is 4.38. The molecule has 6 heteroatoms. The summed E-state index contributed by atoms with van der Waals surface area (Å²) >= 11 is 3.41. The number of nitrogens with zero attached hydrogens (tertiary/aromatic N) is 3. The van der Waals surface area contributed by atoms with Crippen molar-refractivity contribution in [3.05, 3.63) is 64.1 Å².